The number of aromatic nitrogens is 2. The monoisotopic (exact) mass is 340 g/mol. The summed E-state index contributed by atoms with van der Waals surface area (Å²) in [7, 11) is 1.71. The molecule has 4 nitrogen and oxygen atoms in total. The van der Waals surface area contributed by atoms with Gasteiger partial charge in [0.15, 0.2) is 5.78 Å². The third-order valence-electron chi connectivity index (χ3n) is 5.19. The number of carbonyl (C=O) groups excluding carboxylic acids is 1. The van der Waals surface area contributed by atoms with E-state index >= 15 is 0 Å². The molecule has 0 N–H and O–H groups in total. The second-order valence-corrected chi connectivity index (χ2v) is 7.05. The zero-order valence-electron chi connectivity index (χ0n) is 15.8. The van der Waals surface area contributed by atoms with Crippen molar-refractivity contribution in [2.45, 2.75) is 59.4 Å². The third kappa shape index (κ3) is 3.48. The average Bonchev–Trinajstić information content (AvgIpc) is 2.99. The number of methoxy groups -OCH3 is 1. The van der Waals surface area contributed by atoms with Crippen LogP contribution in [0.25, 0.3) is 0 Å². The molecule has 0 aliphatic heterocycles. The molecule has 1 unspecified atom stereocenters. The second kappa shape index (κ2) is 7.42. The van der Waals surface area contributed by atoms with E-state index in [9.17, 15) is 4.79 Å². The SMILES string of the molecule is CCc1nc(C)cn1CC(C)C(=O)c1ccc(OC)c2c1CCCC2. The fraction of sp³-hybridized carbons (Fsp3) is 0.524. The number of nitrogens with zero attached hydrogens (tertiary/aromatic N) is 2. The standard InChI is InChI=1S/C21H28N2O2/c1-5-20-22-15(3)13-23(20)12-14(2)21(24)18-10-11-19(25-4)17-9-7-6-8-16(17)18/h10-11,13-14H,5-9,12H2,1-4H3. The Hall–Kier alpha value is -2.10. The van der Waals surface area contributed by atoms with Crippen molar-refractivity contribution >= 4 is 5.78 Å². The fourth-order valence-corrected chi connectivity index (χ4v) is 3.94. The van der Waals surface area contributed by atoms with Crippen LogP contribution in [0.3, 0.4) is 0 Å². The Morgan fingerprint density at radius 3 is 2.68 bits per heavy atom. The van der Waals surface area contributed by atoms with Crippen LogP contribution in [-0.2, 0) is 25.8 Å². The van der Waals surface area contributed by atoms with Crippen LogP contribution in [0.4, 0.5) is 0 Å². The summed E-state index contributed by atoms with van der Waals surface area (Å²) in [6.45, 7) is 6.81. The highest BCUT2D eigenvalue weighted by Gasteiger charge is 2.24. The van der Waals surface area contributed by atoms with Crippen molar-refractivity contribution in [2.24, 2.45) is 5.92 Å². The molecular formula is C21H28N2O2. The highest BCUT2D eigenvalue weighted by molar-refractivity contribution is 5.99. The topological polar surface area (TPSA) is 44.1 Å². The lowest BCUT2D eigenvalue weighted by Gasteiger charge is -2.23. The Morgan fingerprint density at radius 1 is 1.28 bits per heavy atom. The minimum Gasteiger partial charge on any atom is -0.496 e. The summed E-state index contributed by atoms with van der Waals surface area (Å²) >= 11 is 0. The molecule has 0 radical (unpaired) electrons. The zero-order valence-corrected chi connectivity index (χ0v) is 15.8. The number of rotatable bonds is 6. The Kier molecular flexibility index (Phi) is 5.26. The summed E-state index contributed by atoms with van der Waals surface area (Å²) in [5, 5.41) is 0. The molecule has 0 amide bonds. The number of carbonyl (C=O) groups is 1. The van der Waals surface area contributed by atoms with Crippen LogP contribution in [0.15, 0.2) is 18.3 Å². The van der Waals surface area contributed by atoms with Crippen LogP contribution < -0.4 is 4.74 Å². The number of Topliss-reactive ketones (excluding diaryl/α,β-unsaturated/α-hetero) is 1. The fourth-order valence-electron chi connectivity index (χ4n) is 3.94. The Bertz CT molecular complexity index is 776. The molecule has 0 spiro atoms. The number of fused-ring (bicyclic) bond motifs is 1. The smallest absolute Gasteiger partial charge is 0.167 e. The predicted octanol–water partition coefficient (Wildman–Crippen LogP) is 4.16. The molecule has 0 fully saturated rings. The van der Waals surface area contributed by atoms with Crippen LogP contribution >= 0.6 is 0 Å². The number of ketones is 1. The molecule has 1 aliphatic carbocycles. The van der Waals surface area contributed by atoms with Gasteiger partial charge >= 0.3 is 0 Å². The minimum atomic E-state index is -0.0710. The highest BCUT2D eigenvalue weighted by Crippen LogP contribution is 2.33. The van der Waals surface area contributed by atoms with E-state index in [1.165, 1.54) is 17.5 Å². The molecule has 1 atom stereocenters. The van der Waals surface area contributed by atoms with E-state index in [1.807, 2.05) is 32.2 Å². The van der Waals surface area contributed by atoms with Crippen LogP contribution in [-0.4, -0.2) is 22.4 Å². The zero-order chi connectivity index (χ0) is 18.0. The number of hydrogen-bond donors (Lipinski definition) is 0. The first-order valence-corrected chi connectivity index (χ1v) is 9.30. The van der Waals surface area contributed by atoms with Gasteiger partial charge in [-0.15, -0.1) is 0 Å². The van der Waals surface area contributed by atoms with E-state index in [-0.39, 0.29) is 11.7 Å². The summed E-state index contributed by atoms with van der Waals surface area (Å²) < 4.78 is 7.65. The number of ether oxygens (including phenoxy) is 1. The lowest BCUT2D eigenvalue weighted by atomic mass is 9.84. The molecule has 1 aliphatic rings. The van der Waals surface area contributed by atoms with E-state index in [2.05, 4.69) is 16.5 Å². The number of hydrogen-bond acceptors (Lipinski definition) is 3. The van der Waals surface area contributed by atoms with E-state index < -0.39 is 0 Å². The molecule has 0 saturated carbocycles. The molecule has 1 aromatic heterocycles. The summed E-state index contributed by atoms with van der Waals surface area (Å²) in [5.41, 5.74) is 4.34. The van der Waals surface area contributed by atoms with E-state index in [0.29, 0.717) is 6.54 Å². The van der Waals surface area contributed by atoms with E-state index in [1.54, 1.807) is 7.11 Å². The largest absolute Gasteiger partial charge is 0.496 e. The summed E-state index contributed by atoms with van der Waals surface area (Å²) in [6, 6.07) is 3.92. The molecule has 0 bridgehead atoms. The molecule has 25 heavy (non-hydrogen) atoms. The molecule has 2 aromatic rings. The van der Waals surface area contributed by atoms with Gasteiger partial charge in [0.25, 0.3) is 0 Å². The van der Waals surface area contributed by atoms with Gasteiger partial charge < -0.3 is 9.30 Å². The first kappa shape index (κ1) is 17.7. The number of aryl methyl sites for hydroxylation is 2. The van der Waals surface area contributed by atoms with Gasteiger partial charge in [-0.05, 0) is 55.9 Å². The van der Waals surface area contributed by atoms with E-state index in [4.69, 9.17) is 4.74 Å². The number of imidazole rings is 1. The summed E-state index contributed by atoms with van der Waals surface area (Å²) in [6.07, 6.45) is 7.23. The van der Waals surface area contributed by atoms with Gasteiger partial charge in [0.05, 0.1) is 12.8 Å². The van der Waals surface area contributed by atoms with Gasteiger partial charge in [0.1, 0.15) is 11.6 Å². The first-order valence-electron chi connectivity index (χ1n) is 9.30. The van der Waals surface area contributed by atoms with Crippen molar-refractivity contribution in [3.05, 3.63) is 46.5 Å². The van der Waals surface area contributed by atoms with Crippen LogP contribution in [0.5, 0.6) is 5.75 Å². The molecule has 3 rings (SSSR count). The summed E-state index contributed by atoms with van der Waals surface area (Å²) in [5.74, 6) is 2.14. The summed E-state index contributed by atoms with van der Waals surface area (Å²) in [4.78, 5) is 17.7. The molecule has 0 saturated heterocycles. The van der Waals surface area contributed by atoms with Crippen molar-refractivity contribution in [3.63, 3.8) is 0 Å². The predicted molar refractivity (Wildman–Crippen MR) is 99.5 cm³/mol. The van der Waals surface area contributed by atoms with Gasteiger partial charge in [-0.2, -0.15) is 0 Å². The van der Waals surface area contributed by atoms with Gasteiger partial charge in [0.2, 0.25) is 0 Å². The maximum absolute atomic E-state index is 13.2. The van der Waals surface area contributed by atoms with Crippen molar-refractivity contribution in [2.75, 3.05) is 7.11 Å². The maximum atomic E-state index is 13.2. The van der Waals surface area contributed by atoms with Gasteiger partial charge in [-0.1, -0.05) is 13.8 Å². The Labute approximate surface area is 150 Å². The van der Waals surface area contributed by atoms with Gasteiger partial charge in [-0.3, -0.25) is 4.79 Å². The normalized spacial score (nSPS) is 14.9. The Morgan fingerprint density at radius 2 is 2.00 bits per heavy atom. The van der Waals surface area contributed by atoms with Crippen molar-refractivity contribution < 1.29 is 9.53 Å². The molecule has 1 heterocycles. The van der Waals surface area contributed by atoms with Crippen LogP contribution in [0, 0.1) is 12.8 Å². The van der Waals surface area contributed by atoms with Crippen molar-refractivity contribution in [1.82, 2.24) is 9.55 Å². The second-order valence-electron chi connectivity index (χ2n) is 7.05. The van der Waals surface area contributed by atoms with Gasteiger partial charge in [0, 0.05) is 30.6 Å². The maximum Gasteiger partial charge on any atom is 0.167 e. The average molecular weight is 340 g/mol. The minimum absolute atomic E-state index is 0.0710. The van der Waals surface area contributed by atoms with Crippen molar-refractivity contribution in [1.29, 1.82) is 0 Å². The highest BCUT2D eigenvalue weighted by atomic mass is 16.5. The molecular weight excluding hydrogens is 312 g/mol. The third-order valence-corrected chi connectivity index (χ3v) is 5.19. The van der Waals surface area contributed by atoms with Crippen molar-refractivity contribution in [3.8, 4) is 5.75 Å². The molecule has 1 aromatic carbocycles. The van der Waals surface area contributed by atoms with Crippen LogP contribution in [0.1, 0.15) is 59.7 Å². The van der Waals surface area contributed by atoms with E-state index in [0.717, 1.165) is 48.5 Å². The first-order chi connectivity index (χ1) is 12.0. The van der Waals surface area contributed by atoms with Gasteiger partial charge in [-0.25, -0.2) is 4.98 Å². The molecule has 134 valence electrons. The molecule has 4 heteroatoms. The number of benzene rings is 1. The Balaban J connectivity index is 1.87. The lowest BCUT2D eigenvalue weighted by Crippen LogP contribution is -2.21. The lowest BCUT2D eigenvalue weighted by molar-refractivity contribution is 0.0916. The van der Waals surface area contributed by atoms with Crippen LogP contribution in [0.2, 0.25) is 0 Å². The quantitative estimate of drug-likeness (QED) is 0.742.